The molecule has 0 rings (SSSR count). The topological polar surface area (TPSA) is 0 Å². The number of rotatable bonds is 40. The summed E-state index contributed by atoms with van der Waals surface area (Å²) in [7, 11) is 0. The molecule has 0 heterocycles. The number of hydrogen-bond donors (Lipinski definition) is 0. The molecule has 0 heteroatoms. The van der Waals surface area contributed by atoms with Crippen molar-refractivity contribution in [1.29, 1.82) is 0 Å². The molecule has 0 spiro atoms. The maximum atomic E-state index is 2.28. The first-order valence-corrected chi connectivity index (χ1v) is 25.7. The highest BCUT2D eigenvalue weighted by atomic mass is 14.0. The molecule has 0 aliphatic rings. The second kappa shape index (κ2) is 65.9. The molecule has 0 amide bonds. The van der Waals surface area contributed by atoms with Crippen molar-refractivity contribution in [2.75, 3.05) is 0 Å². The lowest BCUT2D eigenvalue weighted by Crippen LogP contribution is -1.80. The lowest BCUT2D eigenvalue weighted by atomic mass is 10.1. The van der Waals surface area contributed by atoms with Gasteiger partial charge in [0, 0.05) is 0 Å². The van der Waals surface area contributed by atoms with Crippen LogP contribution < -0.4 is 0 Å². The van der Waals surface area contributed by atoms with E-state index < -0.39 is 0 Å². The van der Waals surface area contributed by atoms with E-state index in [2.05, 4.69) is 55.4 Å². The molecule has 0 N–H and O–H groups in total. The van der Waals surface area contributed by atoms with Crippen molar-refractivity contribution in [2.45, 2.75) is 338 Å². The van der Waals surface area contributed by atoms with Gasteiger partial charge in [0.05, 0.1) is 0 Å². The highest BCUT2D eigenvalue weighted by molar-refractivity contribution is 4.50. The molecule has 0 bridgehead atoms. The SMILES string of the molecule is CCCCCCCCCCCCC.CCCCCCCCCCCCC.CCCCCCCCCCCCC.CCCCCCCCCCCCC. The van der Waals surface area contributed by atoms with Crippen LogP contribution in [0, 0.1) is 0 Å². The number of hydrogen-bond acceptors (Lipinski definition) is 0. The average Bonchev–Trinajstić information content (AvgIpc) is 3.16. The van der Waals surface area contributed by atoms with Gasteiger partial charge < -0.3 is 0 Å². The van der Waals surface area contributed by atoms with Gasteiger partial charge in [-0.25, -0.2) is 0 Å². The summed E-state index contributed by atoms with van der Waals surface area (Å²) in [5.74, 6) is 0. The van der Waals surface area contributed by atoms with Gasteiger partial charge in [-0.15, -0.1) is 0 Å². The van der Waals surface area contributed by atoms with Gasteiger partial charge in [0.1, 0.15) is 0 Å². The van der Waals surface area contributed by atoms with Crippen LogP contribution in [0.1, 0.15) is 338 Å². The Balaban J connectivity index is -0.000000295. The zero-order chi connectivity index (χ0) is 39.1. The van der Waals surface area contributed by atoms with E-state index in [-0.39, 0.29) is 0 Å². The van der Waals surface area contributed by atoms with Gasteiger partial charge in [-0.05, 0) is 0 Å². The zero-order valence-electron chi connectivity index (χ0n) is 39.1. The van der Waals surface area contributed by atoms with Gasteiger partial charge in [-0.1, -0.05) is 338 Å². The van der Waals surface area contributed by atoms with Crippen LogP contribution in [0.3, 0.4) is 0 Å². The summed E-state index contributed by atoms with van der Waals surface area (Å²) >= 11 is 0. The third-order valence-corrected chi connectivity index (χ3v) is 10.8. The quantitative estimate of drug-likeness (QED) is 0.0550. The summed E-state index contributed by atoms with van der Waals surface area (Å²) in [5.41, 5.74) is 0. The third-order valence-electron chi connectivity index (χ3n) is 10.8. The fourth-order valence-electron chi connectivity index (χ4n) is 6.95. The molecule has 0 aliphatic carbocycles. The Bertz CT molecular complexity index is 352. The second-order valence-corrected chi connectivity index (χ2v) is 16.7. The summed E-state index contributed by atoms with van der Waals surface area (Å²) < 4.78 is 0. The van der Waals surface area contributed by atoms with Crippen molar-refractivity contribution in [2.24, 2.45) is 0 Å². The van der Waals surface area contributed by atoms with E-state index in [1.54, 1.807) is 0 Å². The monoisotopic (exact) mass is 737 g/mol. The molecule has 0 nitrogen and oxygen atoms in total. The predicted molar refractivity (Wildman–Crippen MR) is 249 cm³/mol. The fourth-order valence-corrected chi connectivity index (χ4v) is 6.95. The third kappa shape index (κ3) is 75.0. The molecule has 0 saturated heterocycles. The summed E-state index contributed by atoms with van der Waals surface area (Å²) in [4.78, 5) is 0. The molecule has 0 aliphatic heterocycles. The van der Waals surface area contributed by atoms with E-state index in [9.17, 15) is 0 Å². The molecule has 0 atom stereocenters. The second-order valence-electron chi connectivity index (χ2n) is 16.7. The highest BCUT2D eigenvalue weighted by Crippen LogP contribution is 2.14. The van der Waals surface area contributed by atoms with E-state index in [1.165, 1.54) is 283 Å². The van der Waals surface area contributed by atoms with Gasteiger partial charge in [0.15, 0.2) is 0 Å². The Morgan fingerprint density at radius 1 is 0.0962 bits per heavy atom. The van der Waals surface area contributed by atoms with Crippen LogP contribution >= 0.6 is 0 Å². The van der Waals surface area contributed by atoms with Crippen molar-refractivity contribution >= 4 is 0 Å². The molecular weight excluding hydrogens is 625 g/mol. The van der Waals surface area contributed by atoms with Crippen molar-refractivity contribution in [3.63, 3.8) is 0 Å². The lowest BCUT2D eigenvalue weighted by Gasteiger charge is -2.00. The maximum absolute atomic E-state index is 2.28. The first-order valence-electron chi connectivity index (χ1n) is 25.7. The highest BCUT2D eigenvalue weighted by Gasteiger charge is 1.94. The minimum Gasteiger partial charge on any atom is -0.0654 e. The Morgan fingerprint density at radius 2 is 0.154 bits per heavy atom. The van der Waals surface area contributed by atoms with Gasteiger partial charge in [-0.2, -0.15) is 0 Å². The van der Waals surface area contributed by atoms with Crippen molar-refractivity contribution in [3.8, 4) is 0 Å². The summed E-state index contributed by atoms with van der Waals surface area (Å²) in [6, 6.07) is 0. The minimum atomic E-state index is 1.37. The van der Waals surface area contributed by atoms with Gasteiger partial charge in [0.25, 0.3) is 0 Å². The van der Waals surface area contributed by atoms with E-state index in [1.807, 2.05) is 0 Å². The van der Waals surface area contributed by atoms with Gasteiger partial charge in [-0.3, -0.25) is 0 Å². The molecule has 0 saturated carbocycles. The van der Waals surface area contributed by atoms with Crippen LogP contribution in [0.25, 0.3) is 0 Å². The molecule has 0 unspecified atom stereocenters. The molecule has 0 aromatic rings. The fraction of sp³-hybridized carbons (Fsp3) is 1.00. The van der Waals surface area contributed by atoms with Crippen LogP contribution in [0.2, 0.25) is 0 Å². The summed E-state index contributed by atoms with van der Waals surface area (Å²) in [6.45, 7) is 18.3. The van der Waals surface area contributed by atoms with Crippen LogP contribution in [-0.4, -0.2) is 0 Å². The normalized spacial score (nSPS) is 10.6. The summed E-state index contributed by atoms with van der Waals surface area (Å²) in [5, 5.41) is 0. The molecule has 0 aromatic carbocycles. The predicted octanol–water partition coefficient (Wildman–Crippen LogP) is 21.3. The molecule has 0 aromatic heterocycles. The maximum Gasteiger partial charge on any atom is -0.0533 e. The van der Waals surface area contributed by atoms with E-state index in [0.717, 1.165) is 0 Å². The molecule has 52 heavy (non-hydrogen) atoms. The Kier molecular flexibility index (Phi) is 74.3. The van der Waals surface area contributed by atoms with Crippen LogP contribution in [0.15, 0.2) is 0 Å². The van der Waals surface area contributed by atoms with Crippen molar-refractivity contribution < 1.29 is 0 Å². The molecule has 0 radical (unpaired) electrons. The lowest BCUT2D eigenvalue weighted by molar-refractivity contribution is 0.554. The smallest absolute Gasteiger partial charge is 0.0533 e. The van der Waals surface area contributed by atoms with E-state index >= 15 is 0 Å². The Labute approximate surface area is 336 Å². The Morgan fingerprint density at radius 3 is 0.212 bits per heavy atom. The zero-order valence-corrected chi connectivity index (χ0v) is 39.1. The van der Waals surface area contributed by atoms with Gasteiger partial charge in [0.2, 0.25) is 0 Å². The first-order chi connectivity index (χ1) is 25.7. The van der Waals surface area contributed by atoms with Gasteiger partial charge >= 0.3 is 0 Å². The van der Waals surface area contributed by atoms with E-state index in [4.69, 9.17) is 0 Å². The standard InChI is InChI=1S/4C13H28/c4*1-3-5-7-9-11-13-12-10-8-6-4-2/h4*3-13H2,1-2H3. The van der Waals surface area contributed by atoms with Crippen LogP contribution in [0.5, 0.6) is 0 Å². The summed E-state index contributed by atoms with van der Waals surface area (Å²) in [6.07, 6.45) is 63.7. The van der Waals surface area contributed by atoms with Crippen LogP contribution in [-0.2, 0) is 0 Å². The largest absolute Gasteiger partial charge is 0.0654 e. The number of unbranched alkanes of at least 4 members (excludes halogenated alkanes) is 40. The minimum absolute atomic E-state index is 1.37. The van der Waals surface area contributed by atoms with Crippen molar-refractivity contribution in [3.05, 3.63) is 0 Å². The molecule has 320 valence electrons. The first kappa shape index (κ1) is 58.7. The van der Waals surface area contributed by atoms with Crippen molar-refractivity contribution in [1.82, 2.24) is 0 Å². The van der Waals surface area contributed by atoms with E-state index in [0.29, 0.717) is 0 Å². The Hall–Kier alpha value is 0. The molecular formula is C52H112. The average molecular weight is 737 g/mol. The molecule has 0 fully saturated rings. The van der Waals surface area contributed by atoms with Crippen LogP contribution in [0.4, 0.5) is 0 Å².